The van der Waals surface area contributed by atoms with E-state index in [4.69, 9.17) is 10.5 Å². The fraction of sp³-hybridized carbons (Fsp3) is 0.900. The molecule has 78 valence electrons. The molecule has 0 aliphatic rings. The summed E-state index contributed by atoms with van der Waals surface area (Å²) in [5.74, 6) is 0.0702. The highest BCUT2D eigenvalue weighted by Gasteiger charge is 2.18. The van der Waals surface area contributed by atoms with E-state index in [1.54, 1.807) is 0 Å². The highest BCUT2D eigenvalue weighted by molar-refractivity contribution is 5.75. The lowest BCUT2D eigenvalue weighted by atomic mass is 10.1. The van der Waals surface area contributed by atoms with Gasteiger partial charge >= 0.3 is 5.97 Å². The molecule has 0 saturated carbocycles. The molecular formula is C10H21NO2. The smallest absolute Gasteiger partial charge is 0.323 e. The van der Waals surface area contributed by atoms with Crippen LogP contribution in [-0.4, -0.2) is 18.1 Å². The molecule has 0 aromatic heterocycles. The van der Waals surface area contributed by atoms with Crippen LogP contribution < -0.4 is 5.73 Å². The third kappa shape index (κ3) is 4.88. The lowest BCUT2D eigenvalue weighted by Gasteiger charge is -2.19. The Bertz CT molecular complexity index is 157. The molecule has 2 atom stereocenters. The normalized spacial score (nSPS) is 15.5. The highest BCUT2D eigenvalue weighted by Crippen LogP contribution is 2.07. The molecule has 0 radical (unpaired) electrons. The van der Waals surface area contributed by atoms with Crippen LogP contribution in [0.25, 0.3) is 0 Å². The zero-order valence-corrected chi connectivity index (χ0v) is 9.04. The number of carbonyl (C=O) groups is 1. The van der Waals surface area contributed by atoms with Crippen LogP contribution in [0.4, 0.5) is 0 Å². The minimum Gasteiger partial charge on any atom is -0.461 e. The van der Waals surface area contributed by atoms with Crippen molar-refractivity contribution >= 4 is 5.97 Å². The lowest BCUT2D eigenvalue weighted by Crippen LogP contribution is -2.35. The Hall–Kier alpha value is -0.570. The second-order valence-corrected chi connectivity index (χ2v) is 3.78. The predicted molar refractivity (Wildman–Crippen MR) is 53.3 cm³/mol. The Morgan fingerprint density at radius 1 is 1.38 bits per heavy atom. The van der Waals surface area contributed by atoms with Gasteiger partial charge in [-0.05, 0) is 19.3 Å². The Kier molecular flexibility index (Phi) is 5.71. The zero-order chi connectivity index (χ0) is 10.4. The molecule has 3 heteroatoms. The van der Waals surface area contributed by atoms with E-state index in [1.807, 2.05) is 27.7 Å². The van der Waals surface area contributed by atoms with Gasteiger partial charge in [-0.1, -0.05) is 27.2 Å². The molecule has 2 unspecified atom stereocenters. The van der Waals surface area contributed by atoms with Crippen molar-refractivity contribution in [2.24, 2.45) is 11.7 Å². The van der Waals surface area contributed by atoms with Crippen LogP contribution in [-0.2, 0) is 9.53 Å². The van der Waals surface area contributed by atoms with Crippen molar-refractivity contribution in [1.29, 1.82) is 0 Å². The summed E-state index contributed by atoms with van der Waals surface area (Å²) in [5.41, 5.74) is 5.60. The van der Waals surface area contributed by atoms with Crippen molar-refractivity contribution < 1.29 is 9.53 Å². The van der Waals surface area contributed by atoms with E-state index < -0.39 is 6.04 Å². The van der Waals surface area contributed by atoms with Crippen LogP contribution in [0.5, 0.6) is 0 Å². The molecule has 0 aliphatic heterocycles. The van der Waals surface area contributed by atoms with Crippen LogP contribution in [0, 0.1) is 5.92 Å². The van der Waals surface area contributed by atoms with Gasteiger partial charge in [0.2, 0.25) is 0 Å². The fourth-order valence-electron chi connectivity index (χ4n) is 0.836. The number of ether oxygens (including phenoxy) is 1. The molecule has 0 rings (SSSR count). The van der Waals surface area contributed by atoms with Gasteiger partial charge in [-0.25, -0.2) is 0 Å². The first-order valence-corrected chi connectivity index (χ1v) is 4.95. The monoisotopic (exact) mass is 187 g/mol. The van der Waals surface area contributed by atoms with Gasteiger partial charge in [-0.3, -0.25) is 4.79 Å². The summed E-state index contributed by atoms with van der Waals surface area (Å²) in [7, 11) is 0. The van der Waals surface area contributed by atoms with Crippen LogP contribution in [0.15, 0.2) is 0 Å². The third-order valence-corrected chi connectivity index (χ3v) is 2.14. The number of hydrogen-bond acceptors (Lipinski definition) is 3. The van der Waals surface area contributed by atoms with Gasteiger partial charge in [0.25, 0.3) is 0 Å². The Morgan fingerprint density at radius 2 is 1.92 bits per heavy atom. The second kappa shape index (κ2) is 5.97. The lowest BCUT2D eigenvalue weighted by molar-refractivity contribution is -0.152. The maximum Gasteiger partial charge on any atom is 0.323 e. The maximum atomic E-state index is 11.3. The molecule has 2 N–H and O–H groups in total. The van der Waals surface area contributed by atoms with E-state index in [9.17, 15) is 4.79 Å². The average molecular weight is 187 g/mol. The molecule has 0 saturated heterocycles. The van der Waals surface area contributed by atoms with E-state index in [0.29, 0.717) is 12.3 Å². The summed E-state index contributed by atoms with van der Waals surface area (Å²) in [4.78, 5) is 11.3. The molecule has 0 heterocycles. The first kappa shape index (κ1) is 12.4. The zero-order valence-electron chi connectivity index (χ0n) is 9.04. The maximum absolute atomic E-state index is 11.3. The van der Waals surface area contributed by atoms with Crippen molar-refractivity contribution in [2.45, 2.75) is 52.7 Å². The minimum atomic E-state index is -0.453. The summed E-state index contributed by atoms with van der Waals surface area (Å²) < 4.78 is 5.16. The molecule has 0 aromatic carbocycles. The summed E-state index contributed by atoms with van der Waals surface area (Å²) in [6.07, 6.45) is 1.56. The van der Waals surface area contributed by atoms with Crippen molar-refractivity contribution in [3.05, 3.63) is 0 Å². The number of esters is 1. The summed E-state index contributed by atoms with van der Waals surface area (Å²) >= 11 is 0. The van der Waals surface area contributed by atoms with Crippen LogP contribution >= 0.6 is 0 Å². The van der Waals surface area contributed by atoms with Crippen molar-refractivity contribution in [3.8, 4) is 0 Å². The van der Waals surface area contributed by atoms with E-state index in [2.05, 4.69) is 0 Å². The quantitative estimate of drug-likeness (QED) is 0.666. The Balaban J connectivity index is 3.85. The topological polar surface area (TPSA) is 52.3 Å². The molecule has 0 amide bonds. The van der Waals surface area contributed by atoms with Crippen LogP contribution in [0.3, 0.4) is 0 Å². The Morgan fingerprint density at radius 3 is 2.31 bits per heavy atom. The van der Waals surface area contributed by atoms with Crippen LogP contribution in [0.2, 0.25) is 0 Å². The average Bonchev–Trinajstić information content (AvgIpc) is 2.04. The molecule has 0 aromatic rings. The first-order valence-electron chi connectivity index (χ1n) is 4.95. The van der Waals surface area contributed by atoms with Crippen LogP contribution in [0.1, 0.15) is 40.5 Å². The van der Waals surface area contributed by atoms with Gasteiger partial charge in [0.1, 0.15) is 12.1 Å². The molecule has 0 fully saturated rings. The van der Waals surface area contributed by atoms with E-state index in [1.165, 1.54) is 0 Å². The Labute approximate surface area is 80.6 Å². The third-order valence-electron chi connectivity index (χ3n) is 2.14. The fourth-order valence-corrected chi connectivity index (χ4v) is 0.836. The largest absolute Gasteiger partial charge is 0.461 e. The molecule has 13 heavy (non-hydrogen) atoms. The van der Waals surface area contributed by atoms with Gasteiger partial charge < -0.3 is 10.5 Å². The summed E-state index contributed by atoms with van der Waals surface area (Å²) in [6.45, 7) is 7.92. The van der Waals surface area contributed by atoms with Gasteiger partial charge in [0, 0.05) is 0 Å². The van der Waals surface area contributed by atoms with Gasteiger partial charge in [-0.2, -0.15) is 0 Å². The van der Waals surface area contributed by atoms with E-state index >= 15 is 0 Å². The highest BCUT2D eigenvalue weighted by atomic mass is 16.5. The number of hydrogen-bond donors (Lipinski definition) is 1. The van der Waals surface area contributed by atoms with Gasteiger partial charge in [0.05, 0.1) is 0 Å². The summed E-state index contributed by atoms with van der Waals surface area (Å²) in [5, 5.41) is 0. The number of rotatable bonds is 5. The van der Waals surface area contributed by atoms with Crippen molar-refractivity contribution in [3.63, 3.8) is 0 Å². The van der Waals surface area contributed by atoms with Crippen molar-refractivity contribution in [1.82, 2.24) is 0 Å². The van der Waals surface area contributed by atoms with E-state index in [0.717, 1.165) is 6.42 Å². The molecular weight excluding hydrogens is 166 g/mol. The number of nitrogens with two attached hydrogens (primary N) is 1. The standard InChI is InChI=1S/C10H21NO2/c1-5-6-9(11)10(12)13-8(4)7(2)3/h7-9H,5-6,11H2,1-4H3. The predicted octanol–water partition coefficient (Wildman–Crippen LogP) is 1.70. The van der Waals surface area contributed by atoms with Gasteiger partial charge in [0.15, 0.2) is 0 Å². The van der Waals surface area contributed by atoms with Crippen molar-refractivity contribution in [2.75, 3.05) is 0 Å². The molecule has 3 nitrogen and oxygen atoms in total. The molecule has 0 bridgehead atoms. The second-order valence-electron chi connectivity index (χ2n) is 3.78. The molecule has 0 aliphatic carbocycles. The van der Waals surface area contributed by atoms with Gasteiger partial charge in [-0.15, -0.1) is 0 Å². The minimum absolute atomic E-state index is 0.0459. The first-order chi connectivity index (χ1) is 5.99. The SMILES string of the molecule is CCCC(N)C(=O)OC(C)C(C)C. The summed E-state index contributed by atoms with van der Waals surface area (Å²) in [6, 6.07) is -0.453. The van der Waals surface area contributed by atoms with E-state index in [-0.39, 0.29) is 12.1 Å². The molecule has 0 spiro atoms. The number of carbonyl (C=O) groups excluding carboxylic acids is 1.